The molecule has 0 bridgehead atoms. The van der Waals surface area contributed by atoms with Crippen molar-refractivity contribution in [1.82, 2.24) is 4.98 Å². The molecule has 0 aliphatic carbocycles. The molecule has 0 aliphatic rings. The summed E-state index contributed by atoms with van der Waals surface area (Å²) in [5.74, 6) is -0.267. The summed E-state index contributed by atoms with van der Waals surface area (Å²) < 4.78 is 0.793. The third-order valence-corrected chi connectivity index (χ3v) is 2.79. The molecule has 0 fully saturated rings. The van der Waals surface area contributed by atoms with Gasteiger partial charge in [0, 0.05) is 22.4 Å². The highest BCUT2D eigenvalue weighted by Gasteiger charge is 2.08. The minimum Gasteiger partial charge on any atom is -0.321 e. The normalized spacial score (nSPS) is 9.56. The van der Waals surface area contributed by atoms with Crippen LogP contribution in [-0.4, -0.2) is 10.9 Å². The SMILES string of the molecule is N#Cc1cc(Br)ccc1NC(=O)c1ccncc1. The Hall–Kier alpha value is -2.19. The van der Waals surface area contributed by atoms with Crippen LogP contribution < -0.4 is 5.32 Å². The first kappa shape index (κ1) is 12.3. The number of pyridine rings is 1. The summed E-state index contributed by atoms with van der Waals surface area (Å²) >= 11 is 3.28. The van der Waals surface area contributed by atoms with Crippen LogP contribution in [0.15, 0.2) is 47.2 Å². The molecular formula is C13H8BrN3O. The van der Waals surface area contributed by atoms with Crippen LogP contribution in [0.25, 0.3) is 0 Å². The minimum atomic E-state index is -0.267. The molecule has 2 aromatic rings. The smallest absolute Gasteiger partial charge is 0.255 e. The number of nitriles is 1. The lowest BCUT2D eigenvalue weighted by Gasteiger charge is -2.07. The molecule has 4 nitrogen and oxygen atoms in total. The minimum absolute atomic E-state index is 0.267. The Morgan fingerprint density at radius 3 is 2.67 bits per heavy atom. The number of nitrogens with zero attached hydrogens (tertiary/aromatic N) is 2. The lowest BCUT2D eigenvalue weighted by atomic mass is 10.2. The zero-order valence-corrected chi connectivity index (χ0v) is 10.8. The molecule has 1 aromatic heterocycles. The summed E-state index contributed by atoms with van der Waals surface area (Å²) in [5.41, 5.74) is 1.39. The number of nitrogens with one attached hydrogen (secondary N) is 1. The van der Waals surface area contributed by atoms with E-state index < -0.39 is 0 Å². The van der Waals surface area contributed by atoms with Crippen LogP contribution in [0.3, 0.4) is 0 Å². The molecule has 0 spiro atoms. The van der Waals surface area contributed by atoms with Crippen LogP contribution >= 0.6 is 15.9 Å². The second-order valence-corrected chi connectivity index (χ2v) is 4.41. The number of carbonyl (C=O) groups is 1. The van der Waals surface area contributed by atoms with E-state index in [9.17, 15) is 4.79 Å². The molecule has 0 atom stereocenters. The predicted octanol–water partition coefficient (Wildman–Crippen LogP) is 2.97. The number of benzene rings is 1. The summed E-state index contributed by atoms with van der Waals surface area (Å²) in [4.78, 5) is 15.7. The summed E-state index contributed by atoms with van der Waals surface area (Å²) in [6, 6.07) is 10.4. The first-order valence-electron chi connectivity index (χ1n) is 5.12. The molecule has 0 unspecified atom stereocenters. The molecule has 0 radical (unpaired) electrons. The Labute approximate surface area is 112 Å². The molecule has 0 aliphatic heterocycles. The van der Waals surface area contributed by atoms with Gasteiger partial charge in [0.1, 0.15) is 6.07 Å². The van der Waals surface area contributed by atoms with Crippen molar-refractivity contribution >= 4 is 27.5 Å². The molecule has 0 saturated carbocycles. The number of anilines is 1. The van der Waals surface area contributed by atoms with Crippen LogP contribution in [0, 0.1) is 11.3 Å². The van der Waals surface area contributed by atoms with Crippen molar-refractivity contribution < 1.29 is 4.79 Å². The van der Waals surface area contributed by atoms with Gasteiger partial charge >= 0.3 is 0 Å². The van der Waals surface area contributed by atoms with Crippen LogP contribution in [-0.2, 0) is 0 Å². The second kappa shape index (κ2) is 5.43. The van der Waals surface area contributed by atoms with Crippen molar-refractivity contribution in [2.75, 3.05) is 5.32 Å². The van der Waals surface area contributed by atoms with E-state index in [1.165, 1.54) is 0 Å². The number of hydrogen-bond donors (Lipinski definition) is 1. The number of carbonyl (C=O) groups excluding carboxylic acids is 1. The quantitative estimate of drug-likeness (QED) is 0.927. The van der Waals surface area contributed by atoms with Crippen molar-refractivity contribution in [1.29, 1.82) is 5.26 Å². The fraction of sp³-hybridized carbons (Fsp3) is 0. The van der Waals surface area contributed by atoms with E-state index in [2.05, 4.69) is 26.2 Å². The first-order chi connectivity index (χ1) is 8.70. The predicted molar refractivity (Wildman–Crippen MR) is 71.0 cm³/mol. The average Bonchev–Trinajstić information content (AvgIpc) is 2.41. The fourth-order valence-corrected chi connectivity index (χ4v) is 1.78. The molecule has 18 heavy (non-hydrogen) atoms. The molecule has 1 aromatic carbocycles. The summed E-state index contributed by atoms with van der Waals surface area (Å²) in [6.45, 7) is 0. The van der Waals surface area contributed by atoms with Gasteiger partial charge in [-0.1, -0.05) is 15.9 Å². The summed E-state index contributed by atoms with van der Waals surface area (Å²) in [7, 11) is 0. The molecule has 0 saturated heterocycles. The lowest BCUT2D eigenvalue weighted by molar-refractivity contribution is 0.102. The van der Waals surface area contributed by atoms with Crippen LogP contribution in [0.2, 0.25) is 0 Å². The molecule has 2 rings (SSSR count). The summed E-state index contributed by atoms with van der Waals surface area (Å²) in [6.07, 6.45) is 3.09. The Balaban J connectivity index is 2.25. The van der Waals surface area contributed by atoms with Crippen molar-refractivity contribution in [3.8, 4) is 6.07 Å². The van der Waals surface area contributed by atoms with Gasteiger partial charge in [0.25, 0.3) is 5.91 Å². The first-order valence-corrected chi connectivity index (χ1v) is 5.91. The van der Waals surface area contributed by atoms with Crippen molar-refractivity contribution in [3.63, 3.8) is 0 Å². The van der Waals surface area contributed by atoms with Crippen molar-refractivity contribution in [2.45, 2.75) is 0 Å². The fourth-order valence-electron chi connectivity index (χ4n) is 1.42. The van der Waals surface area contributed by atoms with E-state index in [1.807, 2.05) is 6.07 Å². The standard InChI is InChI=1S/C13H8BrN3O/c14-11-1-2-12(10(7-11)8-15)17-13(18)9-3-5-16-6-4-9/h1-7H,(H,17,18). The monoisotopic (exact) mass is 301 g/mol. The Bertz CT molecular complexity index is 620. The van der Waals surface area contributed by atoms with Gasteiger partial charge in [-0.15, -0.1) is 0 Å². The van der Waals surface area contributed by atoms with Gasteiger partial charge in [-0.05, 0) is 30.3 Å². The van der Waals surface area contributed by atoms with Gasteiger partial charge < -0.3 is 5.32 Å². The van der Waals surface area contributed by atoms with E-state index in [0.717, 1.165) is 4.47 Å². The third-order valence-electron chi connectivity index (χ3n) is 2.29. The molecule has 88 valence electrons. The Morgan fingerprint density at radius 2 is 2.00 bits per heavy atom. The maximum absolute atomic E-state index is 11.9. The van der Waals surface area contributed by atoms with E-state index >= 15 is 0 Å². The highest BCUT2D eigenvalue weighted by Crippen LogP contribution is 2.20. The average molecular weight is 302 g/mol. The lowest BCUT2D eigenvalue weighted by Crippen LogP contribution is -2.12. The zero-order valence-electron chi connectivity index (χ0n) is 9.22. The molecule has 1 N–H and O–H groups in total. The van der Waals surface area contributed by atoms with Crippen molar-refractivity contribution in [2.24, 2.45) is 0 Å². The molecule has 5 heteroatoms. The maximum Gasteiger partial charge on any atom is 0.255 e. The van der Waals surface area contributed by atoms with Gasteiger partial charge in [-0.3, -0.25) is 9.78 Å². The number of hydrogen-bond acceptors (Lipinski definition) is 3. The van der Waals surface area contributed by atoms with Crippen LogP contribution in [0.5, 0.6) is 0 Å². The number of halogens is 1. The number of amides is 1. The Morgan fingerprint density at radius 1 is 1.28 bits per heavy atom. The third kappa shape index (κ3) is 2.73. The molecular weight excluding hydrogens is 294 g/mol. The molecule has 1 amide bonds. The largest absolute Gasteiger partial charge is 0.321 e. The van der Waals surface area contributed by atoms with E-state index in [0.29, 0.717) is 16.8 Å². The topological polar surface area (TPSA) is 65.8 Å². The zero-order chi connectivity index (χ0) is 13.0. The molecule has 1 heterocycles. The maximum atomic E-state index is 11.9. The van der Waals surface area contributed by atoms with Gasteiger partial charge in [0.15, 0.2) is 0 Å². The van der Waals surface area contributed by atoms with Gasteiger partial charge in [-0.25, -0.2) is 0 Å². The van der Waals surface area contributed by atoms with Crippen LogP contribution in [0.4, 0.5) is 5.69 Å². The highest BCUT2D eigenvalue weighted by molar-refractivity contribution is 9.10. The highest BCUT2D eigenvalue weighted by atomic mass is 79.9. The number of rotatable bonds is 2. The van der Waals surface area contributed by atoms with Gasteiger partial charge in [0.05, 0.1) is 11.3 Å². The van der Waals surface area contributed by atoms with E-state index in [-0.39, 0.29) is 5.91 Å². The van der Waals surface area contributed by atoms with Gasteiger partial charge in [0.2, 0.25) is 0 Å². The van der Waals surface area contributed by atoms with Gasteiger partial charge in [-0.2, -0.15) is 5.26 Å². The van der Waals surface area contributed by atoms with Crippen LogP contribution in [0.1, 0.15) is 15.9 Å². The van der Waals surface area contributed by atoms with E-state index in [1.54, 1.807) is 42.7 Å². The second-order valence-electron chi connectivity index (χ2n) is 3.49. The Kier molecular flexibility index (Phi) is 3.70. The van der Waals surface area contributed by atoms with Crippen molar-refractivity contribution in [3.05, 3.63) is 58.3 Å². The number of aromatic nitrogens is 1. The van der Waals surface area contributed by atoms with E-state index in [4.69, 9.17) is 5.26 Å². The summed E-state index contributed by atoms with van der Waals surface area (Å²) in [5, 5.41) is 11.7.